The van der Waals surface area contributed by atoms with E-state index in [0.29, 0.717) is 10.8 Å². The van der Waals surface area contributed by atoms with Crippen LogP contribution in [0, 0.1) is 18.0 Å². The van der Waals surface area contributed by atoms with Crippen LogP contribution in [0.3, 0.4) is 0 Å². The van der Waals surface area contributed by atoms with Crippen LogP contribution in [0.1, 0.15) is 28.3 Å². The molecule has 1 aliphatic rings. The first-order chi connectivity index (χ1) is 10.1. The van der Waals surface area contributed by atoms with Crippen molar-refractivity contribution in [1.82, 2.24) is 5.43 Å². The van der Waals surface area contributed by atoms with E-state index in [2.05, 4.69) is 34.8 Å². The fourth-order valence-electron chi connectivity index (χ4n) is 2.31. The van der Waals surface area contributed by atoms with E-state index in [4.69, 9.17) is 0 Å². The monoisotopic (exact) mass is 302 g/mol. The van der Waals surface area contributed by atoms with Crippen LogP contribution >= 0.6 is 11.3 Å². The standard InChI is InChI=1S/C16H15FN2OS/c1-10-2-4-11(5-3-10)13-8-14(13)16(20)19-18-9-12-6-7-15(17)21-12/h2-7,9,13-14H,8H2,1H3,(H,19,20). The van der Waals surface area contributed by atoms with Crippen molar-refractivity contribution in [2.45, 2.75) is 19.3 Å². The molecule has 1 heterocycles. The van der Waals surface area contributed by atoms with E-state index in [1.54, 1.807) is 6.07 Å². The molecule has 0 radical (unpaired) electrons. The fourth-order valence-corrected chi connectivity index (χ4v) is 2.91. The summed E-state index contributed by atoms with van der Waals surface area (Å²) < 4.78 is 12.8. The third kappa shape index (κ3) is 3.36. The van der Waals surface area contributed by atoms with E-state index in [0.717, 1.165) is 17.8 Å². The minimum atomic E-state index is -0.260. The molecule has 1 saturated carbocycles. The third-order valence-electron chi connectivity index (χ3n) is 3.59. The van der Waals surface area contributed by atoms with Gasteiger partial charge in [-0.25, -0.2) is 5.43 Å². The molecule has 2 aromatic rings. The average Bonchev–Trinajstić information content (AvgIpc) is 3.16. The van der Waals surface area contributed by atoms with E-state index in [1.807, 2.05) is 6.92 Å². The third-order valence-corrected chi connectivity index (χ3v) is 4.40. The van der Waals surface area contributed by atoms with Crippen molar-refractivity contribution in [3.8, 4) is 0 Å². The second-order valence-corrected chi connectivity index (χ2v) is 6.30. The van der Waals surface area contributed by atoms with Gasteiger partial charge in [-0.15, -0.1) is 11.3 Å². The number of benzene rings is 1. The molecule has 0 bridgehead atoms. The Hall–Kier alpha value is -2.01. The van der Waals surface area contributed by atoms with Gasteiger partial charge in [-0.2, -0.15) is 9.49 Å². The van der Waals surface area contributed by atoms with E-state index in [1.165, 1.54) is 23.4 Å². The van der Waals surface area contributed by atoms with Crippen molar-refractivity contribution in [3.05, 3.63) is 57.5 Å². The zero-order chi connectivity index (χ0) is 14.8. The minimum Gasteiger partial charge on any atom is -0.273 e. The second-order valence-electron chi connectivity index (χ2n) is 5.24. The fraction of sp³-hybridized carbons (Fsp3) is 0.250. The number of nitrogens with one attached hydrogen (secondary N) is 1. The summed E-state index contributed by atoms with van der Waals surface area (Å²) >= 11 is 0.995. The quantitative estimate of drug-likeness (QED) is 0.682. The minimum absolute atomic E-state index is 0.00933. The molecule has 1 fully saturated rings. The molecule has 21 heavy (non-hydrogen) atoms. The van der Waals surface area contributed by atoms with E-state index < -0.39 is 0 Å². The van der Waals surface area contributed by atoms with Crippen molar-refractivity contribution in [3.63, 3.8) is 0 Å². The Balaban J connectivity index is 1.53. The number of thiophene rings is 1. The van der Waals surface area contributed by atoms with Crippen LogP contribution in [-0.4, -0.2) is 12.1 Å². The molecule has 1 aliphatic carbocycles. The zero-order valence-corrected chi connectivity index (χ0v) is 12.4. The van der Waals surface area contributed by atoms with Crippen molar-refractivity contribution >= 4 is 23.5 Å². The first kappa shape index (κ1) is 13.9. The van der Waals surface area contributed by atoms with Gasteiger partial charge in [0.05, 0.1) is 11.1 Å². The van der Waals surface area contributed by atoms with Gasteiger partial charge in [0.25, 0.3) is 0 Å². The van der Waals surface area contributed by atoms with Gasteiger partial charge in [0.1, 0.15) is 0 Å². The Morgan fingerprint density at radius 1 is 1.33 bits per heavy atom. The molecule has 1 N–H and O–H groups in total. The molecule has 0 aliphatic heterocycles. The second kappa shape index (κ2) is 5.77. The van der Waals surface area contributed by atoms with Crippen molar-refractivity contribution in [2.24, 2.45) is 11.0 Å². The van der Waals surface area contributed by atoms with Gasteiger partial charge in [0.2, 0.25) is 5.91 Å². The summed E-state index contributed by atoms with van der Waals surface area (Å²) in [6, 6.07) is 11.3. The van der Waals surface area contributed by atoms with Crippen LogP contribution in [0.2, 0.25) is 0 Å². The topological polar surface area (TPSA) is 41.5 Å². The Morgan fingerprint density at radius 3 is 2.76 bits per heavy atom. The molecule has 2 atom stereocenters. The highest BCUT2D eigenvalue weighted by Gasteiger charge is 2.43. The Bertz CT molecular complexity index is 678. The smallest absolute Gasteiger partial charge is 0.243 e. The van der Waals surface area contributed by atoms with Gasteiger partial charge in [-0.05, 0) is 37.0 Å². The molecule has 1 aromatic carbocycles. The maximum atomic E-state index is 12.8. The highest BCUT2D eigenvalue weighted by Crippen LogP contribution is 2.47. The van der Waals surface area contributed by atoms with E-state index in [9.17, 15) is 9.18 Å². The number of hydrogen-bond donors (Lipinski definition) is 1. The molecule has 0 saturated heterocycles. The largest absolute Gasteiger partial charge is 0.273 e. The number of rotatable bonds is 4. The maximum Gasteiger partial charge on any atom is 0.243 e. The molecule has 0 spiro atoms. The maximum absolute atomic E-state index is 12.8. The van der Waals surface area contributed by atoms with Crippen molar-refractivity contribution in [2.75, 3.05) is 0 Å². The summed E-state index contributed by atoms with van der Waals surface area (Å²) in [6.45, 7) is 2.04. The first-order valence-electron chi connectivity index (χ1n) is 6.78. The molecular weight excluding hydrogens is 287 g/mol. The van der Waals surface area contributed by atoms with Gasteiger partial charge >= 0.3 is 0 Å². The highest BCUT2D eigenvalue weighted by atomic mass is 32.1. The number of hydrogen-bond acceptors (Lipinski definition) is 3. The average molecular weight is 302 g/mol. The van der Waals surface area contributed by atoms with E-state index >= 15 is 0 Å². The number of aryl methyl sites for hydroxylation is 1. The van der Waals surface area contributed by atoms with Crippen LogP contribution in [-0.2, 0) is 4.79 Å². The van der Waals surface area contributed by atoms with Crippen LogP contribution in [0.5, 0.6) is 0 Å². The molecular formula is C16H15FN2OS. The van der Waals surface area contributed by atoms with Gasteiger partial charge < -0.3 is 0 Å². The normalized spacial score (nSPS) is 20.7. The number of carbonyl (C=O) groups is 1. The number of halogens is 1. The van der Waals surface area contributed by atoms with Gasteiger partial charge in [0, 0.05) is 5.92 Å². The number of carbonyl (C=O) groups excluding carboxylic acids is 1. The van der Waals surface area contributed by atoms with Gasteiger partial charge in [-0.1, -0.05) is 29.8 Å². The summed E-state index contributed by atoms with van der Waals surface area (Å²) in [5.74, 6) is 0.207. The van der Waals surface area contributed by atoms with Gasteiger partial charge in [0.15, 0.2) is 5.13 Å². The van der Waals surface area contributed by atoms with Crippen molar-refractivity contribution in [1.29, 1.82) is 0 Å². The molecule has 2 unspecified atom stereocenters. The van der Waals surface area contributed by atoms with Gasteiger partial charge in [-0.3, -0.25) is 4.79 Å². The van der Waals surface area contributed by atoms with Crippen molar-refractivity contribution < 1.29 is 9.18 Å². The van der Waals surface area contributed by atoms with Crippen LogP contribution < -0.4 is 5.43 Å². The Kier molecular flexibility index (Phi) is 3.84. The number of amides is 1. The van der Waals surface area contributed by atoms with Crippen LogP contribution in [0.4, 0.5) is 4.39 Å². The molecule has 1 amide bonds. The predicted molar refractivity (Wildman–Crippen MR) is 82.0 cm³/mol. The molecule has 3 rings (SSSR count). The summed E-state index contributed by atoms with van der Waals surface area (Å²) in [4.78, 5) is 12.6. The molecule has 1 aromatic heterocycles. The molecule has 108 valence electrons. The summed E-state index contributed by atoms with van der Waals surface area (Å²) in [5.41, 5.74) is 4.94. The Labute approximate surface area is 126 Å². The predicted octanol–water partition coefficient (Wildman–Crippen LogP) is 3.45. The van der Waals surface area contributed by atoms with Crippen LogP contribution in [0.25, 0.3) is 0 Å². The first-order valence-corrected chi connectivity index (χ1v) is 7.60. The summed E-state index contributed by atoms with van der Waals surface area (Å²) in [6.07, 6.45) is 2.33. The number of hydrazone groups is 1. The lowest BCUT2D eigenvalue weighted by Crippen LogP contribution is -2.19. The SMILES string of the molecule is Cc1ccc(C2CC2C(=O)NN=Cc2ccc(F)s2)cc1. The van der Waals surface area contributed by atoms with Crippen LogP contribution in [0.15, 0.2) is 41.5 Å². The summed E-state index contributed by atoms with van der Waals surface area (Å²) in [7, 11) is 0. The highest BCUT2D eigenvalue weighted by molar-refractivity contribution is 7.12. The lowest BCUT2D eigenvalue weighted by atomic mass is 10.1. The molecule has 5 heteroatoms. The Morgan fingerprint density at radius 2 is 2.10 bits per heavy atom. The molecule has 3 nitrogen and oxygen atoms in total. The zero-order valence-electron chi connectivity index (χ0n) is 11.5. The lowest BCUT2D eigenvalue weighted by molar-refractivity contribution is -0.122. The number of nitrogens with zero attached hydrogens (tertiary/aromatic N) is 1. The lowest BCUT2D eigenvalue weighted by Gasteiger charge is -2.01. The van der Waals surface area contributed by atoms with E-state index in [-0.39, 0.29) is 17.0 Å². The summed E-state index contributed by atoms with van der Waals surface area (Å²) in [5, 5.41) is 3.62.